The van der Waals surface area contributed by atoms with E-state index in [1.807, 2.05) is 30.3 Å². The number of carbonyl (C=O) groups excluding carboxylic acids is 1. The van der Waals surface area contributed by atoms with Gasteiger partial charge in [0.15, 0.2) is 5.78 Å². The van der Waals surface area contributed by atoms with Gasteiger partial charge < -0.3 is 10.0 Å². The second-order valence-electron chi connectivity index (χ2n) is 8.46. The predicted molar refractivity (Wildman–Crippen MR) is 118 cm³/mol. The number of carboxylic acids is 1. The zero-order valence-electron chi connectivity index (χ0n) is 17.4. The molecule has 1 N–H and O–H groups in total. The first-order valence-corrected chi connectivity index (χ1v) is 11.0. The molecule has 1 atom stereocenters. The molecule has 2 aliphatic heterocycles. The fourth-order valence-corrected chi connectivity index (χ4v) is 4.69. The molecule has 5 nitrogen and oxygen atoms in total. The van der Waals surface area contributed by atoms with Gasteiger partial charge in [0.1, 0.15) is 0 Å². The van der Waals surface area contributed by atoms with Crippen molar-refractivity contribution in [3.8, 4) is 0 Å². The lowest BCUT2D eigenvalue weighted by molar-refractivity contribution is -0.143. The van der Waals surface area contributed by atoms with Crippen LogP contribution >= 0.6 is 0 Å². The first-order valence-electron chi connectivity index (χ1n) is 11.0. The third-order valence-electron chi connectivity index (χ3n) is 6.52. The van der Waals surface area contributed by atoms with Gasteiger partial charge in [0, 0.05) is 24.3 Å². The molecule has 0 amide bonds. The van der Waals surface area contributed by atoms with Gasteiger partial charge >= 0.3 is 5.97 Å². The Labute approximate surface area is 178 Å². The van der Waals surface area contributed by atoms with Gasteiger partial charge in [0.05, 0.1) is 12.0 Å². The van der Waals surface area contributed by atoms with Gasteiger partial charge in [-0.2, -0.15) is 0 Å². The number of piperidine rings is 1. The quantitative estimate of drug-likeness (QED) is 0.707. The average Bonchev–Trinajstić information content (AvgIpc) is 3.33. The van der Waals surface area contributed by atoms with Crippen molar-refractivity contribution >= 4 is 17.4 Å². The lowest BCUT2D eigenvalue weighted by Gasteiger charge is -2.36. The minimum Gasteiger partial charge on any atom is -0.481 e. The molecular weight excluding hydrogens is 376 g/mol. The zero-order valence-corrected chi connectivity index (χ0v) is 17.4. The molecule has 2 fully saturated rings. The van der Waals surface area contributed by atoms with E-state index in [9.17, 15) is 14.7 Å². The van der Waals surface area contributed by atoms with Crippen molar-refractivity contribution in [2.75, 3.05) is 31.1 Å². The number of ketones is 1. The molecule has 2 aromatic rings. The molecule has 2 aliphatic rings. The van der Waals surface area contributed by atoms with Crippen LogP contribution in [0.25, 0.3) is 0 Å². The maximum Gasteiger partial charge on any atom is 0.306 e. The highest BCUT2D eigenvalue weighted by molar-refractivity contribution is 6.00. The SMILES string of the molecule is O=C(O)C1CCN(C(Cc2ccccc2)C(=O)c2ccc(N3CCCC3)cc2)CC1. The Morgan fingerprint density at radius 1 is 0.900 bits per heavy atom. The molecule has 0 aliphatic carbocycles. The number of aliphatic carboxylic acids is 1. The van der Waals surface area contributed by atoms with Gasteiger partial charge in [-0.15, -0.1) is 0 Å². The summed E-state index contributed by atoms with van der Waals surface area (Å²) in [7, 11) is 0. The molecule has 158 valence electrons. The van der Waals surface area contributed by atoms with Gasteiger partial charge in [-0.3, -0.25) is 14.5 Å². The summed E-state index contributed by atoms with van der Waals surface area (Å²) in [6, 6.07) is 17.9. The number of nitrogens with zero attached hydrogens (tertiary/aromatic N) is 2. The maximum absolute atomic E-state index is 13.5. The highest BCUT2D eigenvalue weighted by atomic mass is 16.4. The standard InChI is InChI=1S/C25H30N2O3/c28-24(20-8-10-22(11-9-20)26-14-4-5-15-26)23(18-19-6-2-1-3-7-19)27-16-12-21(13-17-27)25(29)30/h1-3,6-11,21,23H,4-5,12-18H2,(H,29,30). The molecule has 0 saturated carbocycles. The summed E-state index contributed by atoms with van der Waals surface area (Å²) in [4.78, 5) is 29.4. The number of benzene rings is 2. The Hall–Kier alpha value is -2.66. The van der Waals surface area contributed by atoms with Gasteiger partial charge in [-0.25, -0.2) is 0 Å². The fraction of sp³-hybridized carbons (Fsp3) is 0.440. The van der Waals surface area contributed by atoms with Crippen molar-refractivity contribution in [2.24, 2.45) is 5.92 Å². The summed E-state index contributed by atoms with van der Waals surface area (Å²) in [6.45, 7) is 3.46. The van der Waals surface area contributed by atoms with Crippen LogP contribution in [0.1, 0.15) is 41.6 Å². The van der Waals surface area contributed by atoms with E-state index < -0.39 is 5.97 Å². The van der Waals surface area contributed by atoms with Crippen molar-refractivity contribution in [3.05, 3.63) is 65.7 Å². The molecule has 30 heavy (non-hydrogen) atoms. The van der Waals surface area contributed by atoms with E-state index in [-0.39, 0.29) is 17.7 Å². The van der Waals surface area contributed by atoms with Gasteiger partial charge in [-0.1, -0.05) is 30.3 Å². The molecular formula is C25H30N2O3. The lowest BCUT2D eigenvalue weighted by Crippen LogP contribution is -2.47. The lowest BCUT2D eigenvalue weighted by atomic mass is 9.91. The molecule has 2 saturated heterocycles. The van der Waals surface area contributed by atoms with Crippen LogP contribution in [-0.2, 0) is 11.2 Å². The molecule has 4 rings (SSSR count). The van der Waals surface area contributed by atoms with Crippen LogP contribution in [0.2, 0.25) is 0 Å². The van der Waals surface area contributed by atoms with Crippen molar-refractivity contribution in [3.63, 3.8) is 0 Å². The number of carbonyl (C=O) groups is 2. The van der Waals surface area contributed by atoms with E-state index in [1.54, 1.807) is 0 Å². The number of rotatable bonds is 7. The van der Waals surface area contributed by atoms with Crippen LogP contribution in [0.4, 0.5) is 5.69 Å². The van der Waals surface area contributed by atoms with E-state index in [0.717, 1.165) is 24.2 Å². The fourth-order valence-electron chi connectivity index (χ4n) is 4.69. The minimum atomic E-state index is -0.724. The zero-order chi connectivity index (χ0) is 20.9. The minimum absolute atomic E-state index is 0.126. The van der Waals surface area contributed by atoms with E-state index in [0.29, 0.717) is 32.4 Å². The van der Waals surface area contributed by atoms with E-state index in [4.69, 9.17) is 0 Å². The third-order valence-corrected chi connectivity index (χ3v) is 6.52. The summed E-state index contributed by atoms with van der Waals surface area (Å²) < 4.78 is 0. The predicted octanol–water partition coefficient (Wildman–Crippen LogP) is 3.88. The number of likely N-dealkylation sites (tertiary alicyclic amines) is 1. The maximum atomic E-state index is 13.5. The third kappa shape index (κ3) is 4.73. The Bertz CT molecular complexity index is 852. The number of hydrogen-bond acceptors (Lipinski definition) is 4. The van der Waals surface area contributed by atoms with Crippen molar-refractivity contribution in [1.82, 2.24) is 4.90 Å². The van der Waals surface area contributed by atoms with Crippen molar-refractivity contribution in [2.45, 2.75) is 38.1 Å². The number of anilines is 1. The van der Waals surface area contributed by atoms with Crippen LogP contribution in [0.15, 0.2) is 54.6 Å². The van der Waals surface area contributed by atoms with Crippen molar-refractivity contribution < 1.29 is 14.7 Å². The first-order chi connectivity index (χ1) is 14.6. The van der Waals surface area contributed by atoms with E-state index in [2.05, 4.69) is 34.1 Å². The van der Waals surface area contributed by atoms with Gasteiger partial charge in [-0.05, 0) is 75.0 Å². The molecule has 5 heteroatoms. The monoisotopic (exact) mass is 406 g/mol. The van der Waals surface area contributed by atoms with Crippen LogP contribution in [0.3, 0.4) is 0 Å². The summed E-state index contributed by atoms with van der Waals surface area (Å²) in [5.41, 5.74) is 3.05. The number of hydrogen-bond donors (Lipinski definition) is 1. The number of carboxylic acid groups (broad SMARTS) is 1. The molecule has 0 bridgehead atoms. The molecule has 2 heterocycles. The van der Waals surface area contributed by atoms with Gasteiger partial charge in [0.25, 0.3) is 0 Å². The average molecular weight is 407 g/mol. The Balaban J connectivity index is 1.52. The number of Topliss-reactive ketones (excluding diaryl/α,β-unsaturated/α-hetero) is 1. The van der Waals surface area contributed by atoms with Crippen LogP contribution in [0, 0.1) is 5.92 Å². The molecule has 0 radical (unpaired) electrons. The van der Waals surface area contributed by atoms with E-state index >= 15 is 0 Å². The summed E-state index contributed by atoms with van der Waals surface area (Å²) in [5.74, 6) is -0.896. The van der Waals surface area contributed by atoms with Crippen LogP contribution < -0.4 is 4.90 Å². The topological polar surface area (TPSA) is 60.9 Å². The molecule has 0 spiro atoms. The highest BCUT2D eigenvalue weighted by Gasteiger charge is 2.32. The summed E-state index contributed by atoms with van der Waals surface area (Å²) in [5, 5.41) is 9.31. The normalized spacial score (nSPS) is 19.0. The van der Waals surface area contributed by atoms with E-state index in [1.165, 1.54) is 18.5 Å². The van der Waals surface area contributed by atoms with Gasteiger partial charge in [0.2, 0.25) is 0 Å². The molecule has 2 aromatic carbocycles. The van der Waals surface area contributed by atoms with Crippen molar-refractivity contribution in [1.29, 1.82) is 0 Å². The molecule has 1 unspecified atom stereocenters. The second kappa shape index (κ2) is 9.43. The first kappa shape index (κ1) is 20.6. The van der Waals surface area contributed by atoms with Crippen LogP contribution in [0.5, 0.6) is 0 Å². The molecule has 0 aromatic heterocycles. The second-order valence-corrected chi connectivity index (χ2v) is 8.46. The largest absolute Gasteiger partial charge is 0.481 e. The Morgan fingerprint density at radius 2 is 1.53 bits per heavy atom. The summed E-state index contributed by atoms with van der Waals surface area (Å²) >= 11 is 0. The Kier molecular flexibility index (Phi) is 6.48. The summed E-state index contributed by atoms with van der Waals surface area (Å²) in [6.07, 6.45) is 4.30. The van der Waals surface area contributed by atoms with Crippen LogP contribution in [-0.4, -0.2) is 54.0 Å². The highest BCUT2D eigenvalue weighted by Crippen LogP contribution is 2.25. The smallest absolute Gasteiger partial charge is 0.306 e. The Morgan fingerprint density at radius 3 is 2.13 bits per heavy atom.